The third-order valence-electron chi connectivity index (χ3n) is 2.50. The van der Waals surface area contributed by atoms with E-state index in [4.69, 9.17) is 10.00 Å². The molecule has 0 N–H and O–H groups in total. The molecule has 1 rings (SSSR count). The Hall–Kier alpha value is -2.60. The van der Waals surface area contributed by atoms with Crippen LogP contribution in [0.25, 0.3) is 6.08 Å². The average Bonchev–Trinajstić information content (AvgIpc) is 2.43. The number of ether oxygens (including phenoxy) is 1. The zero-order chi connectivity index (χ0) is 15.7. The molecule has 0 heterocycles. The Bertz CT molecular complexity index is 577. The highest BCUT2D eigenvalue weighted by atomic mass is 16.5. The van der Waals surface area contributed by atoms with E-state index in [0.29, 0.717) is 11.3 Å². The van der Waals surface area contributed by atoms with Crippen LogP contribution >= 0.6 is 0 Å². The average molecular weight is 269 g/mol. The van der Waals surface area contributed by atoms with Crippen molar-refractivity contribution in [3.8, 4) is 11.8 Å². The first-order valence-electron chi connectivity index (χ1n) is 5.99. The summed E-state index contributed by atoms with van der Waals surface area (Å²) in [5.74, 6) is 0.206. The molecular weight excluding hydrogens is 250 g/mol. The van der Waals surface area contributed by atoms with Crippen LogP contribution in [0.4, 0.5) is 0 Å². The van der Waals surface area contributed by atoms with Gasteiger partial charge in [-0.2, -0.15) is 5.26 Å². The number of nitrogens with zero attached hydrogens (tertiary/aromatic N) is 1. The summed E-state index contributed by atoms with van der Waals surface area (Å²) in [6, 6.07) is 5.56. The number of hydrogen-bond acceptors (Lipinski definition) is 3. The van der Waals surface area contributed by atoms with E-state index in [1.807, 2.05) is 26.0 Å². The van der Waals surface area contributed by atoms with Gasteiger partial charge in [-0.3, -0.25) is 0 Å². The van der Waals surface area contributed by atoms with E-state index in [0.717, 1.165) is 16.7 Å². The van der Waals surface area contributed by atoms with Crippen LogP contribution in [0.3, 0.4) is 0 Å². The molecular formula is C17H19NO2. The van der Waals surface area contributed by atoms with Gasteiger partial charge in [0, 0.05) is 11.6 Å². The smallest absolute Gasteiger partial charge is 0.338 e. The van der Waals surface area contributed by atoms with Gasteiger partial charge in [0.1, 0.15) is 5.75 Å². The standard InChI is InChI=1S/C14H16O2.C3H3N/c1-6-12-8-7-10(4)13(11(12)5)16-14(15)9(2)3;1-2-3-4/h6-8H,1-2H2,3-5H3;2H,1H2. The lowest BCUT2D eigenvalue weighted by molar-refractivity contribution is -0.130. The molecule has 0 fully saturated rings. The van der Waals surface area contributed by atoms with Gasteiger partial charge < -0.3 is 4.74 Å². The first-order valence-corrected chi connectivity index (χ1v) is 5.99. The molecule has 3 nitrogen and oxygen atoms in total. The monoisotopic (exact) mass is 269 g/mol. The normalized spacial score (nSPS) is 8.50. The van der Waals surface area contributed by atoms with E-state index in [-0.39, 0.29) is 0 Å². The lowest BCUT2D eigenvalue weighted by atomic mass is 10.0. The molecule has 0 aliphatic heterocycles. The highest BCUT2D eigenvalue weighted by Gasteiger charge is 2.12. The molecule has 0 atom stereocenters. The lowest BCUT2D eigenvalue weighted by Crippen LogP contribution is -2.10. The number of rotatable bonds is 3. The number of aryl methyl sites for hydroxylation is 1. The third kappa shape index (κ3) is 4.95. The quantitative estimate of drug-likeness (QED) is 0.359. The number of benzene rings is 1. The van der Waals surface area contributed by atoms with E-state index in [1.54, 1.807) is 19.1 Å². The second-order valence-electron chi connectivity index (χ2n) is 4.13. The fourth-order valence-electron chi connectivity index (χ4n) is 1.40. The third-order valence-corrected chi connectivity index (χ3v) is 2.50. The van der Waals surface area contributed by atoms with Crippen LogP contribution in [0.15, 0.2) is 43.5 Å². The van der Waals surface area contributed by atoms with Gasteiger partial charge in [0.15, 0.2) is 0 Å². The predicted octanol–water partition coefficient (Wildman–Crippen LogP) is 4.12. The second kappa shape index (κ2) is 8.49. The zero-order valence-electron chi connectivity index (χ0n) is 12.2. The van der Waals surface area contributed by atoms with Crippen LogP contribution in [0, 0.1) is 25.2 Å². The summed E-state index contributed by atoms with van der Waals surface area (Å²) in [5, 5.41) is 7.51. The summed E-state index contributed by atoms with van der Waals surface area (Å²) < 4.78 is 5.29. The number of hydrogen-bond donors (Lipinski definition) is 0. The molecule has 0 aliphatic rings. The number of carbonyl (C=O) groups excluding carboxylic acids is 1. The number of carbonyl (C=O) groups is 1. The molecule has 0 aromatic heterocycles. The Morgan fingerprint density at radius 1 is 1.35 bits per heavy atom. The van der Waals surface area contributed by atoms with Gasteiger partial charge in [-0.15, -0.1) is 0 Å². The molecule has 1 aromatic carbocycles. The fraction of sp³-hybridized carbons (Fsp3) is 0.176. The summed E-state index contributed by atoms with van der Waals surface area (Å²) in [6.45, 7) is 15.8. The second-order valence-corrected chi connectivity index (χ2v) is 4.13. The highest BCUT2D eigenvalue weighted by Crippen LogP contribution is 2.27. The van der Waals surface area contributed by atoms with Crippen LogP contribution in [0.2, 0.25) is 0 Å². The van der Waals surface area contributed by atoms with Gasteiger partial charge in [0.2, 0.25) is 0 Å². The molecule has 104 valence electrons. The van der Waals surface area contributed by atoms with Crippen molar-refractivity contribution in [3.63, 3.8) is 0 Å². The van der Waals surface area contributed by atoms with Crippen molar-refractivity contribution in [2.75, 3.05) is 0 Å². The minimum atomic E-state index is -0.396. The number of nitriles is 1. The molecule has 0 spiro atoms. The Morgan fingerprint density at radius 3 is 2.30 bits per heavy atom. The summed E-state index contributed by atoms with van der Waals surface area (Å²) in [7, 11) is 0. The van der Waals surface area contributed by atoms with E-state index in [9.17, 15) is 4.79 Å². The number of esters is 1. The van der Waals surface area contributed by atoms with Crippen molar-refractivity contribution in [1.29, 1.82) is 5.26 Å². The summed E-state index contributed by atoms with van der Waals surface area (Å²) in [6.07, 6.45) is 2.92. The van der Waals surface area contributed by atoms with Crippen LogP contribution in [-0.2, 0) is 4.79 Å². The van der Waals surface area contributed by atoms with Crippen molar-refractivity contribution in [3.05, 3.63) is 60.2 Å². The molecule has 0 radical (unpaired) electrons. The van der Waals surface area contributed by atoms with Gasteiger partial charge >= 0.3 is 5.97 Å². The maximum absolute atomic E-state index is 11.5. The van der Waals surface area contributed by atoms with Gasteiger partial charge in [0.05, 0.1) is 6.07 Å². The molecule has 0 aliphatic carbocycles. The summed E-state index contributed by atoms with van der Waals surface area (Å²) >= 11 is 0. The van der Waals surface area contributed by atoms with Crippen LogP contribution in [0.5, 0.6) is 5.75 Å². The summed E-state index contributed by atoms with van der Waals surface area (Å²) in [5.41, 5.74) is 3.21. The Morgan fingerprint density at radius 2 is 1.90 bits per heavy atom. The molecule has 3 heteroatoms. The zero-order valence-corrected chi connectivity index (χ0v) is 12.2. The van der Waals surface area contributed by atoms with Crippen molar-refractivity contribution < 1.29 is 9.53 Å². The van der Waals surface area contributed by atoms with E-state index < -0.39 is 5.97 Å². The van der Waals surface area contributed by atoms with E-state index >= 15 is 0 Å². The van der Waals surface area contributed by atoms with E-state index in [1.165, 1.54) is 6.08 Å². The summed E-state index contributed by atoms with van der Waals surface area (Å²) in [4.78, 5) is 11.5. The Kier molecular flexibility index (Phi) is 7.39. The Labute approximate surface area is 120 Å². The first kappa shape index (κ1) is 17.4. The maximum Gasteiger partial charge on any atom is 0.338 e. The largest absolute Gasteiger partial charge is 0.423 e. The van der Waals surface area contributed by atoms with Gasteiger partial charge in [-0.05, 0) is 37.5 Å². The van der Waals surface area contributed by atoms with Crippen LogP contribution in [-0.4, -0.2) is 5.97 Å². The molecule has 0 unspecified atom stereocenters. The lowest BCUT2D eigenvalue weighted by Gasteiger charge is -2.12. The topological polar surface area (TPSA) is 50.1 Å². The molecule has 0 amide bonds. The number of allylic oxidation sites excluding steroid dienone is 1. The van der Waals surface area contributed by atoms with Crippen molar-refractivity contribution in [1.82, 2.24) is 0 Å². The SMILES string of the molecule is C=CC#N.C=Cc1ccc(C)c(OC(=O)C(=C)C)c1C. The van der Waals surface area contributed by atoms with Crippen LogP contribution < -0.4 is 4.74 Å². The van der Waals surface area contributed by atoms with Crippen LogP contribution in [0.1, 0.15) is 23.6 Å². The minimum Gasteiger partial charge on any atom is -0.423 e. The Balaban J connectivity index is 0.000000796. The van der Waals surface area contributed by atoms with Crippen molar-refractivity contribution >= 4 is 12.0 Å². The predicted molar refractivity (Wildman–Crippen MR) is 82.3 cm³/mol. The molecule has 1 aromatic rings. The minimum absolute atomic E-state index is 0.391. The van der Waals surface area contributed by atoms with E-state index in [2.05, 4.69) is 19.7 Å². The van der Waals surface area contributed by atoms with Gasteiger partial charge in [-0.25, -0.2) is 4.79 Å². The van der Waals surface area contributed by atoms with Gasteiger partial charge in [0.25, 0.3) is 0 Å². The van der Waals surface area contributed by atoms with Crippen molar-refractivity contribution in [2.24, 2.45) is 0 Å². The van der Waals surface area contributed by atoms with Crippen molar-refractivity contribution in [2.45, 2.75) is 20.8 Å². The van der Waals surface area contributed by atoms with Gasteiger partial charge in [-0.1, -0.05) is 37.9 Å². The molecule has 0 bridgehead atoms. The highest BCUT2D eigenvalue weighted by molar-refractivity contribution is 5.89. The molecule has 20 heavy (non-hydrogen) atoms. The fourth-order valence-corrected chi connectivity index (χ4v) is 1.40. The molecule has 0 saturated carbocycles. The molecule has 0 saturated heterocycles. The maximum atomic E-state index is 11.5. The first-order chi connectivity index (χ1) is 9.38.